The Balaban J connectivity index is 1.68. The van der Waals surface area contributed by atoms with Crippen molar-refractivity contribution in [1.29, 1.82) is 0 Å². The molecule has 0 N–H and O–H groups in total. The van der Waals surface area contributed by atoms with Gasteiger partial charge in [-0.15, -0.1) is 11.3 Å². The summed E-state index contributed by atoms with van der Waals surface area (Å²) in [6.07, 6.45) is 2.12. The molecule has 0 fully saturated rings. The standard InChI is InChI=1S/C19H15N3OS2/c23-18(12-15-7-5-11-24-15)22(13-14-6-3-4-10-20-14)19-21-16-8-1-2-9-17(16)25-19/h1-11H,12-13H2. The second kappa shape index (κ2) is 7.13. The molecule has 0 spiro atoms. The van der Waals surface area contributed by atoms with Crippen molar-refractivity contribution in [2.75, 3.05) is 4.90 Å². The highest BCUT2D eigenvalue weighted by Crippen LogP contribution is 2.30. The number of thiophene rings is 1. The average molecular weight is 365 g/mol. The summed E-state index contributed by atoms with van der Waals surface area (Å²) >= 11 is 3.13. The molecule has 0 saturated heterocycles. The number of anilines is 1. The Hall–Kier alpha value is -2.57. The van der Waals surface area contributed by atoms with Gasteiger partial charge in [0, 0.05) is 11.1 Å². The second-order valence-electron chi connectivity index (χ2n) is 5.52. The van der Waals surface area contributed by atoms with E-state index in [1.54, 1.807) is 22.4 Å². The molecule has 1 amide bonds. The minimum absolute atomic E-state index is 0.0344. The third kappa shape index (κ3) is 3.60. The van der Waals surface area contributed by atoms with Gasteiger partial charge >= 0.3 is 0 Å². The fraction of sp³-hybridized carbons (Fsp3) is 0.105. The molecule has 0 atom stereocenters. The number of amides is 1. The van der Waals surface area contributed by atoms with Crippen LogP contribution in [0.4, 0.5) is 5.13 Å². The molecule has 0 bridgehead atoms. The summed E-state index contributed by atoms with van der Waals surface area (Å²) < 4.78 is 1.08. The molecular formula is C19H15N3OS2. The highest BCUT2D eigenvalue weighted by atomic mass is 32.1. The first-order chi connectivity index (χ1) is 12.3. The third-order valence-corrected chi connectivity index (χ3v) is 5.70. The Morgan fingerprint density at radius 2 is 1.92 bits per heavy atom. The maximum absolute atomic E-state index is 13.0. The molecule has 4 aromatic rings. The van der Waals surface area contributed by atoms with Crippen molar-refractivity contribution in [3.05, 3.63) is 76.7 Å². The van der Waals surface area contributed by atoms with Crippen molar-refractivity contribution in [2.45, 2.75) is 13.0 Å². The van der Waals surface area contributed by atoms with E-state index in [0.29, 0.717) is 18.1 Å². The van der Waals surface area contributed by atoms with E-state index in [1.165, 1.54) is 11.3 Å². The first kappa shape index (κ1) is 15.9. The van der Waals surface area contributed by atoms with Crippen LogP contribution in [-0.4, -0.2) is 15.9 Å². The number of carbonyl (C=O) groups is 1. The van der Waals surface area contributed by atoms with Crippen molar-refractivity contribution >= 4 is 43.9 Å². The van der Waals surface area contributed by atoms with Crippen molar-refractivity contribution in [1.82, 2.24) is 9.97 Å². The van der Waals surface area contributed by atoms with E-state index in [2.05, 4.69) is 9.97 Å². The highest BCUT2D eigenvalue weighted by Gasteiger charge is 2.21. The number of pyridine rings is 1. The van der Waals surface area contributed by atoms with E-state index < -0.39 is 0 Å². The smallest absolute Gasteiger partial charge is 0.234 e. The number of carbonyl (C=O) groups excluding carboxylic acids is 1. The molecule has 0 aliphatic heterocycles. The molecule has 6 heteroatoms. The van der Waals surface area contributed by atoms with Crippen LogP contribution in [0, 0.1) is 0 Å². The summed E-state index contributed by atoms with van der Waals surface area (Å²) in [5, 5.41) is 2.71. The zero-order valence-electron chi connectivity index (χ0n) is 13.3. The molecule has 0 unspecified atom stereocenters. The lowest BCUT2D eigenvalue weighted by Crippen LogP contribution is -2.31. The predicted octanol–water partition coefficient (Wildman–Crippen LogP) is 4.53. The number of nitrogens with zero attached hydrogens (tertiary/aromatic N) is 3. The van der Waals surface area contributed by atoms with Gasteiger partial charge in [0.15, 0.2) is 5.13 Å². The Morgan fingerprint density at radius 3 is 2.68 bits per heavy atom. The van der Waals surface area contributed by atoms with Crippen LogP contribution in [0.15, 0.2) is 66.2 Å². The molecule has 0 aliphatic rings. The summed E-state index contributed by atoms with van der Waals surface area (Å²) in [6, 6.07) is 17.6. The van der Waals surface area contributed by atoms with Crippen LogP contribution in [0.1, 0.15) is 10.6 Å². The summed E-state index contributed by atoms with van der Waals surface area (Å²) in [6.45, 7) is 0.421. The Kier molecular flexibility index (Phi) is 4.54. The molecule has 4 rings (SSSR count). The van der Waals surface area contributed by atoms with Gasteiger partial charge in [-0.05, 0) is 35.7 Å². The zero-order chi connectivity index (χ0) is 17.1. The van der Waals surface area contributed by atoms with Crippen molar-refractivity contribution in [2.24, 2.45) is 0 Å². The molecule has 124 valence electrons. The maximum Gasteiger partial charge on any atom is 0.234 e. The van der Waals surface area contributed by atoms with E-state index in [1.807, 2.05) is 60.0 Å². The Morgan fingerprint density at radius 1 is 1.04 bits per heavy atom. The van der Waals surface area contributed by atoms with Crippen LogP contribution < -0.4 is 4.90 Å². The lowest BCUT2D eigenvalue weighted by Gasteiger charge is -2.19. The van der Waals surface area contributed by atoms with E-state index in [-0.39, 0.29) is 5.91 Å². The van der Waals surface area contributed by atoms with Crippen LogP contribution in [0.2, 0.25) is 0 Å². The number of aromatic nitrogens is 2. The van der Waals surface area contributed by atoms with Gasteiger partial charge in [-0.2, -0.15) is 0 Å². The summed E-state index contributed by atoms with van der Waals surface area (Å²) in [5.74, 6) is 0.0344. The van der Waals surface area contributed by atoms with E-state index in [4.69, 9.17) is 0 Å². The Labute approximate surface area is 153 Å². The van der Waals surface area contributed by atoms with Crippen molar-refractivity contribution in [3.8, 4) is 0 Å². The Bertz CT molecular complexity index is 947. The molecule has 25 heavy (non-hydrogen) atoms. The molecule has 4 nitrogen and oxygen atoms in total. The normalized spacial score (nSPS) is 10.9. The van der Waals surface area contributed by atoms with Crippen LogP contribution in [-0.2, 0) is 17.8 Å². The summed E-state index contributed by atoms with van der Waals surface area (Å²) in [7, 11) is 0. The van der Waals surface area contributed by atoms with Crippen molar-refractivity contribution in [3.63, 3.8) is 0 Å². The first-order valence-electron chi connectivity index (χ1n) is 7.88. The maximum atomic E-state index is 13.0. The van der Waals surface area contributed by atoms with Gasteiger partial charge in [0.25, 0.3) is 0 Å². The molecule has 0 saturated carbocycles. The number of hydrogen-bond donors (Lipinski definition) is 0. The third-order valence-electron chi connectivity index (χ3n) is 3.77. The predicted molar refractivity (Wildman–Crippen MR) is 103 cm³/mol. The number of rotatable bonds is 5. The van der Waals surface area contributed by atoms with Crippen molar-refractivity contribution < 1.29 is 4.79 Å². The van der Waals surface area contributed by atoms with Gasteiger partial charge in [-0.3, -0.25) is 14.7 Å². The van der Waals surface area contributed by atoms with Gasteiger partial charge < -0.3 is 0 Å². The van der Waals surface area contributed by atoms with Crippen LogP contribution in [0.3, 0.4) is 0 Å². The van der Waals surface area contributed by atoms with E-state index in [9.17, 15) is 4.79 Å². The largest absolute Gasteiger partial charge is 0.282 e. The van der Waals surface area contributed by atoms with Gasteiger partial charge in [0.2, 0.25) is 5.91 Å². The quantitative estimate of drug-likeness (QED) is 0.522. The minimum atomic E-state index is 0.0344. The second-order valence-corrected chi connectivity index (χ2v) is 7.56. The summed E-state index contributed by atoms with van der Waals surface area (Å²) in [5.41, 5.74) is 1.76. The number of para-hydroxylation sites is 1. The SMILES string of the molecule is O=C(Cc1cccs1)N(Cc1ccccn1)c1nc2ccccc2s1. The lowest BCUT2D eigenvalue weighted by atomic mass is 10.3. The van der Waals surface area contributed by atoms with E-state index >= 15 is 0 Å². The van der Waals surface area contributed by atoms with Gasteiger partial charge in [-0.1, -0.05) is 35.6 Å². The van der Waals surface area contributed by atoms with Crippen LogP contribution >= 0.6 is 22.7 Å². The van der Waals surface area contributed by atoms with Crippen LogP contribution in [0.5, 0.6) is 0 Å². The average Bonchev–Trinajstić information content (AvgIpc) is 3.29. The molecular weight excluding hydrogens is 350 g/mol. The zero-order valence-corrected chi connectivity index (χ0v) is 15.0. The topological polar surface area (TPSA) is 46.1 Å². The molecule has 0 aliphatic carbocycles. The number of hydrogen-bond acceptors (Lipinski definition) is 5. The first-order valence-corrected chi connectivity index (χ1v) is 9.57. The highest BCUT2D eigenvalue weighted by molar-refractivity contribution is 7.22. The minimum Gasteiger partial charge on any atom is -0.282 e. The number of fused-ring (bicyclic) bond motifs is 1. The fourth-order valence-electron chi connectivity index (χ4n) is 2.55. The van der Waals surface area contributed by atoms with Gasteiger partial charge in [0.05, 0.1) is 28.9 Å². The molecule has 3 aromatic heterocycles. The monoisotopic (exact) mass is 365 g/mol. The van der Waals surface area contributed by atoms with Gasteiger partial charge in [0.1, 0.15) is 0 Å². The molecule has 3 heterocycles. The molecule has 0 radical (unpaired) electrons. The lowest BCUT2D eigenvalue weighted by molar-refractivity contribution is -0.118. The fourth-order valence-corrected chi connectivity index (χ4v) is 4.23. The summed E-state index contributed by atoms with van der Waals surface area (Å²) in [4.78, 5) is 24.8. The number of thiazole rings is 1. The molecule has 1 aromatic carbocycles. The van der Waals surface area contributed by atoms with E-state index in [0.717, 1.165) is 20.8 Å². The number of benzene rings is 1. The van der Waals surface area contributed by atoms with Gasteiger partial charge in [-0.25, -0.2) is 4.98 Å². The van der Waals surface area contributed by atoms with Crippen LogP contribution in [0.25, 0.3) is 10.2 Å².